The van der Waals surface area contributed by atoms with Crippen LogP contribution in [0.1, 0.15) is 47.2 Å². The second-order valence-electron chi connectivity index (χ2n) is 8.35. The molecule has 1 saturated heterocycles. The molecule has 1 fully saturated rings. The van der Waals surface area contributed by atoms with E-state index in [1.54, 1.807) is 19.1 Å². The molecule has 4 rings (SSSR count). The first-order valence-corrected chi connectivity index (χ1v) is 12.0. The Morgan fingerprint density at radius 3 is 2.00 bits per heavy atom. The smallest absolute Gasteiger partial charge is 0.338 e. The van der Waals surface area contributed by atoms with Gasteiger partial charge in [-0.15, -0.1) is 0 Å². The summed E-state index contributed by atoms with van der Waals surface area (Å²) in [4.78, 5) is 14.1. The van der Waals surface area contributed by atoms with Crippen molar-refractivity contribution in [2.45, 2.75) is 25.7 Å². The van der Waals surface area contributed by atoms with Crippen LogP contribution >= 0.6 is 12.2 Å². The van der Waals surface area contributed by atoms with Gasteiger partial charge in [0.1, 0.15) is 0 Å². The lowest BCUT2D eigenvalue weighted by Crippen LogP contribution is -2.42. The molecule has 1 heterocycles. The standard InChI is InChI=1S/C28H30N2O2S/c1-2-32-27(31)24-13-15-25(16-14-24)29-28(33)30-19-17-23(18-20-30)26(21-9-5-3-6-10-21)22-11-7-4-8-12-22/h3-16,23,26H,2,17-20H2,1H3,(H,29,33). The van der Waals surface area contributed by atoms with Crippen molar-refractivity contribution in [2.75, 3.05) is 25.0 Å². The molecule has 33 heavy (non-hydrogen) atoms. The topological polar surface area (TPSA) is 41.6 Å². The Balaban J connectivity index is 1.38. The number of nitrogens with one attached hydrogen (secondary N) is 1. The largest absolute Gasteiger partial charge is 0.462 e. The molecule has 4 nitrogen and oxygen atoms in total. The van der Waals surface area contributed by atoms with Crippen LogP contribution in [0, 0.1) is 5.92 Å². The second-order valence-corrected chi connectivity index (χ2v) is 8.74. The molecule has 1 N–H and O–H groups in total. The zero-order valence-corrected chi connectivity index (χ0v) is 19.8. The quantitative estimate of drug-likeness (QED) is 0.357. The zero-order valence-electron chi connectivity index (χ0n) is 18.9. The number of esters is 1. The lowest BCUT2D eigenvalue weighted by molar-refractivity contribution is 0.0526. The van der Waals surface area contributed by atoms with Crippen LogP contribution in [0.5, 0.6) is 0 Å². The summed E-state index contributed by atoms with van der Waals surface area (Å²) in [7, 11) is 0. The fourth-order valence-electron chi connectivity index (χ4n) is 4.60. The molecule has 0 aromatic heterocycles. The van der Waals surface area contributed by atoms with Gasteiger partial charge in [-0.2, -0.15) is 0 Å². The summed E-state index contributed by atoms with van der Waals surface area (Å²) < 4.78 is 5.04. The van der Waals surface area contributed by atoms with Crippen LogP contribution in [0.2, 0.25) is 0 Å². The summed E-state index contributed by atoms with van der Waals surface area (Å²) in [5, 5.41) is 4.05. The van der Waals surface area contributed by atoms with Gasteiger partial charge in [0.2, 0.25) is 0 Å². The van der Waals surface area contributed by atoms with Gasteiger partial charge < -0.3 is 15.0 Å². The van der Waals surface area contributed by atoms with E-state index in [-0.39, 0.29) is 5.97 Å². The Morgan fingerprint density at radius 2 is 1.48 bits per heavy atom. The normalized spacial score (nSPS) is 14.2. The molecular weight excluding hydrogens is 428 g/mol. The molecule has 0 amide bonds. The Morgan fingerprint density at radius 1 is 0.939 bits per heavy atom. The van der Waals surface area contributed by atoms with Gasteiger partial charge >= 0.3 is 5.97 Å². The highest BCUT2D eigenvalue weighted by atomic mass is 32.1. The minimum atomic E-state index is -0.305. The molecule has 1 aliphatic heterocycles. The van der Waals surface area contributed by atoms with Gasteiger partial charge in [-0.25, -0.2) is 4.79 Å². The number of anilines is 1. The molecular formula is C28H30N2O2S. The number of ether oxygens (including phenoxy) is 1. The molecule has 170 valence electrons. The van der Waals surface area contributed by atoms with E-state index in [9.17, 15) is 4.79 Å². The number of rotatable bonds is 6. The van der Waals surface area contributed by atoms with Crippen LogP contribution in [0.3, 0.4) is 0 Å². The zero-order chi connectivity index (χ0) is 23.0. The minimum Gasteiger partial charge on any atom is -0.462 e. The number of hydrogen-bond donors (Lipinski definition) is 1. The van der Waals surface area contributed by atoms with Crippen LogP contribution in [0.4, 0.5) is 5.69 Å². The maximum absolute atomic E-state index is 11.8. The van der Waals surface area contributed by atoms with E-state index in [1.807, 2.05) is 12.1 Å². The Labute approximate surface area is 201 Å². The van der Waals surface area contributed by atoms with Gasteiger partial charge in [-0.3, -0.25) is 0 Å². The number of carbonyl (C=O) groups excluding carboxylic acids is 1. The van der Waals surface area contributed by atoms with Gasteiger partial charge in [0, 0.05) is 24.7 Å². The SMILES string of the molecule is CCOC(=O)c1ccc(NC(=S)N2CCC(C(c3ccccc3)c3ccccc3)CC2)cc1. The number of benzene rings is 3. The fourth-order valence-corrected chi connectivity index (χ4v) is 4.90. The third-order valence-corrected chi connectivity index (χ3v) is 6.62. The third kappa shape index (κ3) is 5.79. The number of carbonyl (C=O) groups is 1. The predicted octanol–water partition coefficient (Wildman–Crippen LogP) is 6.10. The predicted molar refractivity (Wildman–Crippen MR) is 138 cm³/mol. The van der Waals surface area contributed by atoms with Crippen LogP contribution in [0.15, 0.2) is 84.9 Å². The molecule has 0 spiro atoms. The highest BCUT2D eigenvalue weighted by Gasteiger charge is 2.29. The molecule has 0 atom stereocenters. The van der Waals surface area contributed by atoms with Gasteiger partial charge in [-0.1, -0.05) is 60.7 Å². The molecule has 0 saturated carbocycles. The second kappa shape index (κ2) is 11.1. The van der Waals surface area contributed by atoms with Crippen molar-refractivity contribution in [3.8, 4) is 0 Å². The first-order chi connectivity index (χ1) is 16.2. The molecule has 0 unspecified atom stereocenters. The molecule has 1 aliphatic rings. The van der Waals surface area contributed by atoms with E-state index in [2.05, 4.69) is 70.9 Å². The number of nitrogens with zero attached hydrogens (tertiary/aromatic N) is 1. The molecule has 3 aromatic rings. The number of hydrogen-bond acceptors (Lipinski definition) is 3. The van der Waals surface area contributed by atoms with Crippen molar-refractivity contribution in [1.29, 1.82) is 0 Å². The molecule has 0 bridgehead atoms. The number of likely N-dealkylation sites (tertiary alicyclic amines) is 1. The van der Waals surface area contributed by atoms with Gasteiger partial charge in [0.05, 0.1) is 12.2 Å². The first kappa shape index (κ1) is 23.0. The van der Waals surface area contributed by atoms with Crippen molar-refractivity contribution < 1.29 is 9.53 Å². The van der Waals surface area contributed by atoms with E-state index in [0.717, 1.165) is 36.7 Å². The summed E-state index contributed by atoms with van der Waals surface area (Å²) in [6.45, 7) is 4.02. The summed E-state index contributed by atoms with van der Waals surface area (Å²) >= 11 is 5.70. The summed E-state index contributed by atoms with van der Waals surface area (Å²) in [6, 6.07) is 28.9. The van der Waals surface area contributed by atoms with Crippen LogP contribution in [-0.2, 0) is 4.74 Å². The molecule has 3 aromatic carbocycles. The van der Waals surface area contributed by atoms with Gasteiger partial charge in [-0.05, 0) is 73.3 Å². The van der Waals surface area contributed by atoms with Crippen LogP contribution < -0.4 is 5.32 Å². The number of piperidine rings is 1. The third-order valence-electron chi connectivity index (χ3n) is 6.26. The van der Waals surface area contributed by atoms with Crippen molar-refractivity contribution in [3.63, 3.8) is 0 Å². The Hall–Kier alpha value is -3.18. The van der Waals surface area contributed by atoms with E-state index in [4.69, 9.17) is 17.0 Å². The highest BCUT2D eigenvalue weighted by molar-refractivity contribution is 7.80. The monoisotopic (exact) mass is 458 g/mol. The highest BCUT2D eigenvalue weighted by Crippen LogP contribution is 2.38. The Kier molecular flexibility index (Phi) is 7.74. The average molecular weight is 459 g/mol. The van der Waals surface area contributed by atoms with E-state index >= 15 is 0 Å². The maximum Gasteiger partial charge on any atom is 0.338 e. The van der Waals surface area contributed by atoms with E-state index < -0.39 is 0 Å². The van der Waals surface area contributed by atoms with Crippen molar-refractivity contribution >= 4 is 29.0 Å². The lowest BCUT2D eigenvalue weighted by Gasteiger charge is -2.38. The summed E-state index contributed by atoms with van der Waals surface area (Å²) in [5.74, 6) is 0.657. The minimum absolute atomic E-state index is 0.305. The van der Waals surface area contributed by atoms with Gasteiger partial charge in [0.15, 0.2) is 5.11 Å². The van der Waals surface area contributed by atoms with Crippen LogP contribution in [0.25, 0.3) is 0 Å². The van der Waals surface area contributed by atoms with Gasteiger partial charge in [0.25, 0.3) is 0 Å². The first-order valence-electron chi connectivity index (χ1n) is 11.6. The van der Waals surface area contributed by atoms with Crippen molar-refractivity contribution in [3.05, 3.63) is 102 Å². The van der Waals surface area contributed by atoms with E-state index in [0.29, 0.717) is 24.0 Å². The van der Waals surface area contributed by atoms with Crippen LogP contribution in [-0.4, -0.2) is 35.7 Å². The Bertz CT molecular complexity index is 1010. The summed E-state index contributed by atoms with van der Waals surface area (Å²) in [5.41, 5.74) is 4.18. The van der Waals surface area contributed by atoms with Crippen molar-refractivity contribution in [1.82, 2.24) is 4.90 Å². The maximum atomic E-state index is 11.8. The summed E-state index contributed by atoms with van der Waals surface area (Å²) in [6.07, 6.45) is 2.16. The van der Waals surface area contributed by atoms with E-state index in [1.165, 1.54) is 11.1 Å². The molecule has 5 heteroatoms. The number of thiocarbonyl (C=S) groups is 1. The average Bonchev–Trinajstić information content (AvgIpc) is 2.86. The lowest BCUT2D eigenvalue weighted by atomic mass is 9.76. The fraction of sp³-hybridized carbons (Fsp3) is 0.286. The van der Waals surface area contributed by atoms with Crippen molar-refractivity contribution in [2.24, 2.45) is 5.92 Å². The molecule has 0 radical (unpaired) electrons. The molecule has 0 aliphatic carbocycles.